The van der Waals surface area contributed by atoms with Crippen LogP contribution in [-0.4, -0.2) is 24.9 Å². The summed E-state index contributed by atoms with van der Waals surface area (Å²) in [6.07, 6.45) is 5.12. The molecule has 5 heteroatoms. The van der Waals surface area contributed by atoms with Crippen LogP contribution in [0.1, 0.15) is 16.8 Å². The van der Waals surface area contributed by atoms with E-state index in [0.29, 0.717) is 5.56 Å². The van der Waals surface area contributed by atoms with Crippen LogP contribution in [0, 0.1) is 18.2 Å². The largest absolute Gasteiger partial charge is 0.352 e. The average Bonchev–Trinajstić information content (AvgIpc) is 2.37. The smallest absolute Gasteiger partial charge is 0.251 e. The van der Waals surface area contributed by atoms with Crippen molar-refractivity contribution >= 4 is 11.8 Å². The van der Waals surface area contributed by atoms with Crippen LogP contribution in [0.4, 0.5) is 4.39 Å². The molecule has 4 nitrogen and oxygen atoms in total. The van der Waals surface area contributed by atoms with Crippen molar-refractivity contribution in [2.75, 3.05) is 13.1 Å². The minimum atomic E-state index is -0.403. The van der Waals surface area contributed by atoms with Gasteiger partial charge in [0.1, 0.15) is 5.82 Å². The number of hydrogen-bond acceptors (Lipinski definition) is 2. The molecule has 2 amide bonds. The van der Waals surface area contributed by atoms with Gasteiger partial charge in [-0.3, -0.25) is 9.59 Å². The van der Waals surface area contributed by atoms with Crippen molar-refractivity contribution in [3.63, 3.8) is 0 Å². The van der Waals surface area contributed by atoms with Crippen molar-refractivity contribution in [2.24, 2.45) is 0 Å². The fraction of sp³-hybridized carbons (Fsp3) is 0.231. The normalized spacial score (nSPS) is 9.33. The number of carbonyl (C=O) groups excluding carboxylic acids is 2. The van der Waals surface area contributed by atoms with E-state index in [2.05, 4.69) is 16.6 Å². The van der Waals surface area contributed by atoms with Crippen molar-refractivity contribution < 1.29 is 14.0 Å². The lowest BCUT2D eigenvalue weighted by Gasteiger charge is -2.05. The Balaban J connectivity index is 2.31. The summed E-state index contributed by atoms with van der Waals surface area (Å²) < 4.78 is 12.6. The monoisotopic (exact) mass is 248 g/mol. The summed E-state index contributed by atoms with van der Waals surface area (Å²) in [6, 6.07) is 5.16. The molecular weight excluding hydrogens is 235 g/mol. The van der Waals surface area contributed by atoms with Crippen LogP contribution in [0.3, 0.4) is 0 Å². The van der Waals surface area contributed by atoms with Crippen LogP contribution in [0.5, 0.6) is 0 Å². The van der Waals surface area contributed by atoms with Gasteiger partial charge in [0.05, 0.1) is 6.54 Å². The van der Waals surface area contributed by atoms with Crippen LogP contribution < -0.4 is 10.6 Å². The Bertz CT molecular complexity index is 463. The van der Waals surface area contributed by atoms with Crippen LogP contribution in [0.15, 0.2) is 24.3 Å². The quantitative estimate of drug-likeness (QED) is 0.753. The second kappa shape index (κ2) is 7.07. The van der Waals surface area contributed by atoms with Crippen LogP contribution in [-0.2, 0) is 4.79 Å². The second-order valence-corrected chi connectivity index (χ2v) is 3.49. The van der Waals surface area contributed by atoms with Gasteiger partial charge in [-0.1, -0.05) is 5.92 Å². The zero-order chi connectivity index (χ0) is 13.4. The molecule has 0 bridgehead atoms. The maximum absolute atomic E-state index is 12.6. The van der Waals surface area contributed by atoms with E-state index in [1.54, 1.807) is 0 Å². The molecule has 0 spiro atoms. The van der Waals surface area contributed by atoms with E-state index in [1.807, 2.05) is 0 Å². The maximum Gasteiger partial charge on any atom is 0.251 e. The molecule has 0 atom stereocenters. The highest BCUT2D eigenvalue weighted by Crippen LogP contribution is 2.02. The Morgan fingerprint density at radius 1 is 1.22 bits per heavy atom. The third-order valence-electron chi connectivity index (χ3n) is 2.13. The maximum atomic E-state index is 12.6. The second-order valence-electron chi connectivity index (χ2n) is 3.49. The Kier molecular flexibility index (Phi) is 5.39. The first kappa shape index (κ1) is 13.7. The Morgan fingerprint density at radius 2 is 1.89 bits per heavy atom. The first-order valence-electron chi connectivity index (χ1n) is 5.37. The van der Waals surface area contributed by atoms with E-state index in [-0.39, 0.29) is 31.3 Å². The van der Waals surface area contributed by atoms with Crippen LogP contribution >= 0.6 is 0 Å². The van der Waals surface area contributed by atoms with E-state index < -0.39 is 5.82 Å². The van der Waals surface area contributed by atoms with Gasteiger partial charge in [0, 0.05) is 18.5 Å². The first-order valence-corrected chi connectivity index (χ1v) is 5.37. The molecule has 2 N–H and O–H groups in total. The topological polar surface area (TPSA) is 58.2 Å². The summed E-state index contributed by atoms with van der Waals surface area (Å²) in [6.45, 7) is 0.372. The Hall–Kier alpha value is -2.35. The molecular formula is C13H13FN2O2. The summed E-state index contributed by atoms with van der Waals surface area (Å²) in [4.78, 5) is 22.7. The SMILES string of the molecule is C#CCNC(=O)CCNC(=O)c1ccc(F)cc1. The molecule has 94 valence electrons. The molecule has 0 unspecified atom stereocenters. The van der Waals surface area contributed by atoms with Crippen LogP contribution in [0.2, 0.25) is 0 Å². The van der Waals surface area contributed by atoms with Crippen molar-refractivity contribution in [3.05, 3.63) is 35.6 Å². The summed E-state index contributed by atoms with van der Waals surface area (Å²) in [5.74, 6) is 1.29. The predicted molar refractivity (Wildman–Crippen MR) is 65.2 cm³/mol. The van der Waals surface area contributed by atoms with Gasteiger partial charge in [-0.15, -0.1) is 6.42 Å². The fourth-order valence-electron chi connectivity index (χ4n) is 1.23. The van der Waals surface area contributed by atoms with E-state index in [0.717, 1.165) is 0 Å². The molecule has 0 aliphatic rings. The van der Waals surface area contributed by atoms with Crippen molar-refractivity contribution in [3.8, 4) is 12.3 Å². The molecule has 0 heterocycles. The average molecular weight is 248 g/mol. The van der Waals surface area contributed by atoms with Gasteiger partial charge < -0.3 is 10.6 Å². The Labute approximate surface area is 105 Å². The van der Waals surface area contributed by atoms with Gasteiger partial charge in [0.25, 0.3) is 5.91 Å². The van der Waals surface area contributed by atoms with Crippen molar-refractivity contribution in [1.82, 2.24) is 10.6 Å². The lowest BCUT2D eigenvalue weighted by atomic mass is 10.2. The van der Waals surface area contributed by atoms with Gasteiger partial charge in [0.2, 0.25) is 5.91 Å². The van der Waals surface area contributed by atoms with Gasteiger partial charge in [-0.05, 0) is 24.3 Å². The molecule has 0 aliphatic heterocycles. The summed E-state index contributed by atoms with van der Waals surface area (Å²) in [5.41, 5.74) is 0.348. The number of nitrogens with one attached hydrogen (secondary N) is 2. The molecule has 1 aromatic rings. The van der Waals surface area contributed by atoms with Gasteiger partial charge in [0.15, 0.2) is 0 Å². The van der Waals surface area contributed by atoms with E-state index in [1.165, 1.54) is 24.3 Å². The highest BCUT2D eigenvalue weighted by atomic mass is 19.1. The minimum absolute atomic E-state index is 0.147. The number of amides is 2. The minimum Gasteiger partial charge on any atom is -0.352 e. The molecule has 0 saturated carbocycles. The van der Waals surface area contributed by atoms with Gasteiger partial charge in [-0.25, -0.2) is 4.39 Å². The summed E-state index contributed by atoms with van der Waals surface area (Å²) in [5, 5.41) is 5.03. The van der Waals surface area contributed by atoms with E-state index in [4.69, 9.17) is 6.42 Å². The number of hydrogen-bond donors (Lipinski definition) is 2. The summed E-state index contributed by atoms with van der Waals surface area (Å²) in [7, 11) is 0. The van der Waals surface area contributed by atoms with E-state index in [9.17, 15) is 14.0 Å². The number of halogens is 1. The molecule has 0 saturated heterocycles. The lowest BCUT2D eigenvalue weighted by Crippen LogP contribution is -2.30. The van der Waals surface area contributed by atoms with Crippen LogP contribution in [0.25, 0.3) is 0 Å². The molecule has 0 aliphatic carbocycles. The molecule has 0 aromatic heterocycles. The number of rotatable bonds is 5. The highest BCUT2D eigenvalue weighted by molar-refractivity contribution is 5.94. The highest BCUT2D eigenvalue weighted by Gasteiger charge is 2.06. The zero-order valence-electron chi connectivity index (χ0n) is 9.70. The molecule has 1 aromatic carbocycles. The number of terminal acetylenes is 1. The van der Waals surface area contributed by atoms with Gasteiger partial charge in [-0.2, -0.15) is 0 Å². The third kappa shape index (κ3) is 4.66. The zero-order valence-corrected chi connectivity index (χ0v) is 9.70. The Morgan fingerprint density at radius 3 is 2.50 bits per heavy atom. The van der Waals surface area contributed by atoms with Crippen molar-refractivity contribution in [2.45, 2.75) is 6.42 Å². The van der Waals surface area contributed by atoms with Crippen molar-refractivity contribution in [1.29, 1.82) is 0 Å². The lowest BCUT2D eigenvalue weighted by molar-refractivity contribution is -0.120. The number of carbonyl (C=O) groups is 2. The fourth-order valence-corrected chi connectivity index (χ4v) is 1.23. The number of benzene rings is 1. The van der Waals surface area contributed by atoms with Gasteiger partial charge >= 0.3 is 0 Å². The molecule has 18 heavy (non-hydrogen) atoms. The summed E-state index contributed by atoms with van der Waals surface area (Å²) >= 11 is 0. The molecule has 1 rings (SSSR count). The standard InChI is InChI=1S/C13H13FN2O2/c1-2-8-15-12(17)7-9-16-13(18)10-3-5-11(14)6-4-10/h1,3-6H,7-9H2,(H,15,17)(H,16,18). The molecule has 0 fully saturated rings. The predicted octanol–water partition coefficient (Wildman–Crippen LogP) is 0.695. The molecule has 0 radical (unpaired) electrons. The third-order valence-corrected chi connectivity index (χ3v) is 2.13. The first-order chi connectivity index (χ1) is 8.63. The van der Waals surface area contributed by atoms with E-state index >= 15 is 0 Å².